The van der Waals surface area contributed by atoms with Crippen molar-refractivity contribution in [2.75, 3.05) is 25.0 Å². The number of amides is 2. The molecule has 0 unspecified atom stereocenters. The number of primary amides is 1. The van der Waals surface area contributed by atoms with Crippen molar-refractivity contribution in [3.05, 3.63) is 54.6 Å². The summed E-state index contributed by atoms with van der Waals surface area (Å²) in [4.78, 5) is 25.7. The fourth-order valence-corrected chi connectivity index (χ4v) is 3.04. The predicted octanol–water partition coefficient (Wildman–Crippen LogP) is 2.61. The molecule has 0 aliphatic carbocycles. The molecule has 1 aliphatic heterocycles. The van der Waals surface area contributed by atoms with Gasteiger partial charge in [0.25, 0.3) is 0 Å². The molecular formula is C20H23N3O3. The van der Waals surface area contributed by atoms with Gasteiger partial charge in [-0.05, 0) is 50.2 Å². The van der Waals surface area contributed by atoms with Crippen LogP contribution < -0.4 is 15.8 Å². The first-order valence-electron chi connectivity index (χ1n) is 8.75. The number of anilines is 1. The van der Waals surface area contributed by atoms with E-state index in [-0.39, 0.29) is 24.3 Å². The topological polar surface area (TPSA) is 84.7 Å². The fourth-order valence-electron chi connectivity index (χ4n) is 3.04. The molecule has 3 N–H and O–H groups in total. The highest BCUT2D eigenvalue weighted by Gasteiger charge is 2.24. The molecular weight excluding hydrogens is 330 g/mol. The second kappa shape index (κ2) is 8.49. The molecule has 3 rings (SSSR count). The minimum absolute atomic E-state index is 0.0747. The van der Waals surface area contributed by atoms with Crippen LogP contribution in [-0.2, 0) is 9.59 Å². The normalized spacial score (nSPS) is 15.4. The molecule has 2 aromatic carbocycles. The van der Waals surface area contributed by atoms with Gasteiger partial charge in [-0.15, -0.1) is 0 Å². The standard InChI is InChI=1S/C20H23N3O3/c21-20(25)15-10-12-23(13-11-15)14-19(24)22-17-8-4-5-9-18(17)26-16-6-2-1-3-7-16/h1-9,15H,10-14H2,(H2,21,25)(H,22,24). The van der Waals surface area contributed by atoms with E-state index in [0.29, 0.717) is 43.1 Å². The molecule has 1 aliphatic rings. The van der Waals surface area contributed by atoms with Crippen LogP contribution in [0.15, 0.2) is 54.6 Å². The lowest BCUT2D eigenvalue weighted by Crippen LogP contribution is -2.42. The Labute approximate surface area is 152 Å². The van der Waals surface area contributed by atoms with Crippen LogP contribution in [0.5, 0.6) is 11.5 Å². The summed E-state index contributed by atoms with van der Waals surface area (Å²) in [5, 5.41) is 2.91. The summed E-state index contributed by atoms with van der Waals surface area (Å²) in [7, 11) is 0. The summed E-state index contributed by atoms with van der Waals surface area (Å²) in [5.74, 6) is 0.879. The van der Waals surface area contributed by atoms with Crippen molar-refractivity contribution in [3.8, 4) is 11.5 Å². The van der Waals surface area contributed by atoms with Crippen LogP contribution in [0, 0.1) is 5.92 Å². The van der Waals surface area contributed by atoms with Crippen molar-refractivity contribution in [2.45, 2.75) is 12.8 Å². The number of nitrogens with zero attached hydrogens (tertiary/aromatic N) is 1. The third-order valence-electron chi connectivity index (χ3n) is 4.49. The maximum atomic E-state index is 12.4. The minimum Gasteiger partial charge on any atom is -0.455 e. The van der Waals surface area contributed by atoms with E-state index in [1.54, 1.807) is 0 Å². The van der Waals surface area contributed by atoms with E-state index in [4.69, 9.17) is 10.5 Å². The third-order valence-corrected chi connectivity index (χ3v) is 4.49. The number of likely N-dealkylation sites (tertiary alicyclic amines) is 1. The van der Waals surface area contributed by atoms with Crippen molar-refractivity contribution in [2.24, 2.45) is 11.7 Å². The van der Waals surface area contributed by atoms with E-state index in [0.717, 1.165) is 0 Å². The van der Waals surface area contributed by atoms with Gasteiger partial charge in [0.1, 0.15) is 5.75 Å². The predicted molar refractivity (Wildman–Crippen MR) is 99.9 cm³/mol. The van der Waals surface area contributed by atoms with E-state index in [9.17, 15) is 9.59 Å². The molecule has 0 radical (unpaired) electrons. The highest BCUT2D eigenvalue weighted by Crippen LogP contribution is 2.29. The van der Waals surface area contributed by atoms with Gasteiger partial charge in [-0.1, -0.05) is 30.3 Å². The molecule has 1 heterocycles. The molecule has 6 nitrogen and oxygen atoms in total. The second-order valence-corrected chi connectivity index (χ2v) is 6.41. The molecule has 0 bridgehead atoms. The molecule has 26 heavy (non-hydrogen) atoms. The molecule has 6 heteroatoms. The zero-order valence-electron chi connectivity index (χ0n) is 14.6. The number of nitrogens with two attached hydrogens (primary N) is 1. The molecule has 1 fully saturated rings. The van der Waals surface area contributed by atoms with Crippen molar-refractivity contribution in [1.29, 1.82) is 0 Å². The molecule has 0 saturated carbocycles. The third kappa shape index (κ3) is 4.83. The average Bonchev–Trinajstić information content (AvgIpc) is 2.64. The Balaban J connectivity index is 1.57. The molecule has 2 amide bonds. The first-order valence-corrected chi connectivity index (χ1v) is 8.75. The Morgan fingerprint density at radius 1 is 1.04 bits per heavy atom. The van der Waals surface area contributed by atoms with Gasteiger partial charge >= 0.3 is 0 Å². The molecule has 0 spiro atoms. The first-order chi connectivity index (χ1) is 12.6. The average molecular weight is 353 g/mol. The number of hydrogen-bond acceptors (Lipinski definition) is 4. The zero-order valence-corrected chi connectivity index (χ0v) is 14.6. The van der Waals surface area contributed by atoms with Crippen LogP contribution in [-0.4, -0.2) is 36.3 Å². The van der Waals surface area contributed by atoms with Gasteiger partial charge in [0.15, 0.2) is 5.75 Å². The largest absolute Gasteiger partial charge is 0.455 e. The van der Waals surface area contributed by atoms with Gasteiger partial charge in [-0.3, -0.25) is 14.5 Å². The summed E-state index contributed by atoms with van der Waals surface area (Å²) >= 11 is 0. The summed E-state index contributed by atoms with van der Waals surface area (Å²) in [6.07, 6.45) is 1.41. The quantitative estimate of drug-likeness (QED) is 0.836. The molecule has 1 saturated heterocycles. The first kappa shape index (κ1) is 17.9. The van der Waals surface area contributed by atoms with Gasteiger partial charge in [-0.2, -0.15) is 0 Å². The molecule has 0 atom stereocenters. The van der Waals surface area contributed by atoms with Gasteiger partial charge in [0.05, 0.1) is 12.2 Å². The van der Waals surface area contributed by atoms with Crippen molar-refractivity contribution in [1.82, 2.24) is 4.90 Å². The van der Waals surface area contributed by atoms with E-state index in [1.807, 2.05) is 59.5 Å². The molecule has 0 aromatic heterocycles. The number of rotatable bonds is 6. The van der Waals surface area contributed by atoms with Crippen molar-refractivity contribution in [3.63, 3.8) is 0 Å². The number of benzene rings is 2. The number of hydrogen-bond donors (Lipinski definition) is 2. The lowest BCUT2D eigenvalue weighted by Gasteiger charge is -2.29. The van der Waals surface area contributed by atoms with Crippen LogP contribution in [0.4, 0.5) is 5.69 Å². The number of carbonyl (C=O) groups is 2. The Hall–Kier alpha value is -2.86. The Kier molecular flexibility index (Phi) is 5.86. The van der Waals surface area contributed by atoms with Crippen LogP contribution in [0.1, 0.15) is 12.8 Å². The second-order valence-electron chi connectivity index (χ2n) is 6.41. The Bertz CT molecular complexity index is 756. The van der Waals surface area contributed by atoms with Gasteiger partial charge in [0, 0.05) is 5.92 Å². The minimum atomic E-state index is -0.249. The summed E-state index contributed by atoms with van der Waals surface area (Å²) in [6, 6.07) is 16.8. The fraction of sp³-hybridized carbons (Fsp3) is 0.300. The molecule has 136 valence electrons. The van der Waals surface area contributed by atoms with E-state index < -0.39 is 0 Å². The van der Waals surface area contributed by atoms with Gasteiger partial charge in [0.2, 0.25) is 11.8 Å². The maximum absolute atomic E-state index is 12.4. The van der Waals surface area contributed by atoms with Crippen molar-refractivity contribution < 1.29 is 14.3 Å². The van der Waals surface area contributed by atoms with E-state index >= 15 is 0 Å². The van der Waals surface area contributed by atoms with Crippen molar-refractivity contribution >= 4 is 17.5 Å². The van der Waals surface area contributed by atoms with Crippen LogP contribution in [0.3, 0.4) is 0 Å². The van der Waals surface area contributed by atoms with E-state index in [1.165, 1.54) is 0 Å². The summed E-state index contributed by atoms with van der Waals surface area (Å²) < 4.78 is 5.86. The van der Waals surface area contributed by atoms with Crippen LogP contribution >= 0.6 is 0 Å². The number of nitrogens with one attached hydrogen (secondary N) is 1. The summed E-state index contributed by atoms with van der Waals surface area (Å²) in [5.41, 5.74) is 5.98. The number of piperidine rings is 1. The Morgan fingerprint density at radius 2 is 1.69 bits per heavy atom. The van der Waals surface area contributed by atoms with Gasteiger partial charge < -0.3 is 15.8 Å². The zero-order chi connectivity index (χ0) is 18.4. The lowest BCUT2D eigenvalue weighted by atomic mass is 9.96. The maximum Gasteiger partial charge on any atom is 0.238 e. The lowest BCUT2D eigenvalue weighted by molar-refractivity contribution is -0.123. The SMILES string of the molecule is NC(=O)C1CCN(CC(=O)Nc2ccccc2Oc2ccccc2)CC1. The van der Waals surface area contributed by atoms with Crippen LogP contribution in [0.2, 0.25) is 0 Å². The highest BCUT2D eigenvalue weighted by molar-refractivity contribution is 5.93. The van der Waals surface area contributed by atoms with Gasteiger partial charge in [-0.25, -0.2) is 0 Å². The highest BCUT2D eigenvalue weighted by atomic mass is 16.5. The molecule has 2 aromatic rings. The number of para-hydroxylation sites is 3. The monoisotopic (exact) mass is 353 g/mol. The summed E-state index contributed by atoms with van der Waals surface area (Å²) in [6.45, 7) is 1.68. The smallest absolute Gasteiger partial charge is 0.238 e. The number of carbonyl (C=O) groups excluding carboxylic acids is 2. The van der Waals surface area contributed by atoms with Crippen LogP contribution in [0.25, 0.3) is 0 Å². The number of ether oxygens (including phenoxy) is 1. The Morgan fingerprint density at radius 3 is 2.38 bits per heavy atom. The van der Waals surface area contributed by atoms with E-state index in [2.05, 4.69) is 5.32 Å².